The van der Waals surface area contributed by atoms with Gasteiger partial charge in [-0.2, -0.15) is 11.8 Å². The minimum Gasteiger partial charge on any atom is -0.477 e. The largest absolute Gasteiger partial charge is 0.477 e. The predicted octanol–water partition coefficient (Wildman–Crippen LogP) is 2.43. The van der Waals surface area contributed by atoms with E-state index in [4.69, 9.17) is 4.74 Å². The van der Waals surface area contributed by atoms with Crippen molar-refractivity contribution in [2.24, 2.45) is 10.9 Å². The summed E-state index contributed by atoms with van der Waals surface area (Å²) < 4.78 is 5.74. The van der Waals surface area contributed by atoms with Crippen LogP contribution in [0, 0.1) is 5.92 Å². The van der Waals surface area contributed by atoms with Gasteiger partial charge in [-0.25, -0.2) is 4.98 Å². The van der Waals surface area contributed by atoms with Crippen LogP contribution in [0.15, 0.2) is 23.3 Å². The van der Waals surface area contributed by atoms with Gasteiger partial charge in [-0.05, 0) is 49.0 Å². The van der Waals surface area contributed by atoms with Crippen LogP contribution in [0.5, 0.6) is 5.88 Å². The van der Waals surface area contributed by atoms with Crippen molar-refractivity contribution in [2.75, 3.05) is 25.2 Å². The first-order valence-corrected chi connectivity index (χ1v) is 9.61. The van der Waals surface area contributed by atoms with Crippen LogP contribution in [0.2, 0.25) is 0 Å². The normalized spacial score (nSPS) is 21.8. The van der Waals surface area contributed by atoms with Crippen molar-refractivity contribution < 1.29 is 4.74 Å². The molecule has 2 N–H and O–H groups in total. The van der Waals surface area contributed by atoms with Gasteiger partial charge in [-0.3, -0.25) is 4.99 Å². The number of hydrogen-bond acceptors (Lipinski definition) is 4. The molecule has 0 radical (unpaired) electrons. The molecule has 1 saturated carbocycles. The van der Waals surface area contributed by atoms with Crippen molar-refractivity contribution in [3.63, 3.8) is 0 Å². The van der Waals surface area contributed by atoms with E-state index in [0.717, 1.165) is 42.2 Å². The Labute approximate surface area is 142 Å². The Morgan fingerprint density at radius 2 is 2.35 bits per heavy atom. The highest BCUT2D eigenvalue weighted by atomic mass is 32.2. The molecule has 1 aromatic heterocycles. The van der Waals surface area contributed by atoms with Crippen molar-refractivity contribution in [1.82, 2.24) is 15.6 Å². The molecule has 0 amide bonds. The van der Waals surface area contributed by atoms with Gasteiger partial charge >= 0.3 is 0 Å². The van der Waals surface area contributed by atoms with Crippen LogP contribution in [-0.4, -0.2) is 42.1 Å². The lowest BCUT2D eigenvalue weighted by Gasteiger charge is -2.24. The van der Waals surface area contributed by atoms with Gasteiger partial charge < -0.3 is 15.4 Å². The van der Waals surface area contributed by atoms with Crippen LogP contribution in [0.1, 0.15) is 31.2 Å². The second kappa shape index (κ2) is 8.43. The molecular formula is C17H26N4OS. The van der Waals surface area contributed by atoms with Crippen molar-refractivity contribution >= 4 is 17.7 Å². The summed E-state index contributed by atoms with van der Waals surface area (Å²) in [4.78, 5) is 8.61. The fraction of sp³-hybridized carbons (Fsp3) is 0.647. The molecule has 2 aliphatic rings. The highest BCUT2D eigenvalue weighted by Gasteiger charge is 2.22. The van der Waals surface area contributed by atoms with E-state index in [9.17, 15) is 0 Å². The highest BCUT2D eigenvalue weighted by Crippen LogP contribution is 2.29. The number of aliphatic imine (C=N–C) groups is 1. The zero-order valence-corrected chi connectivity index (χ0v) is 14.6. The Bertz CT molecular complexity index is 527. The average molecular weight is 334 g/mol. The van der Waals surface area contributed by atoms with Crippen LogP contribution in [-0.2, 0) is 6.54 Å². The zero-order valence-electron chi connectivity index (χ0n) is 13.8. The Morgan fingerprint density at radius 3 is 3.09 bits per heavy atom. The Balaban J connectivity index is 1.46. The number of guanidine groups is 1. The van der Waals surface area contributed by atoms with Crippen LogP contribution in [0.3, 0.4) is 0 Å². The number of hydrogen-bond donors (Lipinski definition) is 2. The van der Waals surface area contributed by atoms with E-state index in [1.165, 1.54) is 31.4 Å². The summed E-state index contributed by atoms with van der Waals surface area (Å²) in [6.07, 6.45) is 6.91. The monoisotopic (exact) mass is 334 g/mol. The lowest BCUT2D eigenvalue weighted by molar-refractivity contribution is 0.288. The third-order valence-corrected chi connectivity index (χ3v) is 5.36. The quantitative estimate of drug-likeness (QED) is 0.618. The molecule has 23 heavy (non-hydrogen) atoms. The molecule has 0 spiro atoms. The molecule has 6 heteroatoms. The van der Waals surface area contributed by atoms with Gasteiger partial charge in [0.25, 0.3) is 0 Å². The van der Waals surface area contributed by atoms with Gasteiger partial charge in [0.05, 0.1) is 6.61 Å². The number of thioether (sulfide) groups is 1. The number of nitrogens with zero attached hydrogens (tertiary/aromatic N) is 2. The first-order chi connectivity index (χ1) is 11.3. The Hall–Kier alpha value is -1.43. The molecule has 1 unspecified atom stereocenters. The molecule has 126 valence electrons. The van der Waals surface area contributed by atoms with Crippen molar-refractivity contribution in [1.29, 1.82) is 0 Å². The molecule has 1 aliphatic carbocycles. The van der Waals surface area contributed by atoms with Gasteiger partial charge in [-0.15, -0.1) is 0 Å². The summed E-state index contributed by atoms with van der Waals surface area (Å²) in [5.74, 6) is 4.78. The topological polar surface area (TPSA) is 58.5 Å². The smallest absolute Gasteiger partial charge is 0.213 e. The van der Waals surface area contributed by atoms with Gasteiger partial charge in [0.1, 0.15) is 0 Å². The van der Waals surface area contributed by atoms with Gasteiger partial charge in [-0.1, -0.05) is 0 Å². The first kappa shape index (κ1) is 16.4. The number of ether oxygens (including phenoxy) is 1. The first-order valence-electron chi connectivity index (χ1n) is 8.46. The fourth-order valence-corrected chi connectivity index (χ4v) is 3.63. The molecule has 2 heterocycles. The van der Waals surface area contributed by atoms with E-state index in [1.54, 1.807) is 0 Å². The minimum absolute atomic E-state index is 0.523. The zero-order chi connectivity index (χ0) is 15.9. The van der Waals surface area contributed by atoms with Crippen molar-refractivity contribution in [3.8, 4) is 5.88 Å². The maximum absolute atomic E-state index is 5.74. The van der Waals surface area contributed by atoms with E-state index < -0.39 is 0 Å². The molecular weight excluding hydrogens is 308 g/mol. The standard InChI is InChI=1S/C17H26N4OS/c1-18-17(21-15-3-2-8-23-12-15)20-10-14-6-7-19-16(9-14)22-11-13-4-5-13/h6-7,9,13,15H,2-5,8,10-12H2,1H3,(H2,18,20,21). The molecule has 0 aromatic carbocycles. The maximum atomic E-state index is 5.74. The third kappa shape index (κ3) is 5.61. The summed E-state index contributed by atoms with van der Waals surface area (Å²) in [6.45, 7) is 1.52. The van der Waals surface area contributed by atoms with Crippen molar-refractivity contribution in [3.05, 3.63) is 23.9 Å². The minimum atomic E-state index is 0.523. The van der Waals surface area contributed by atoms with Crippen LogP contribution in [0.4, 0.5) is 0 Å². The van der Waals surface area contributed by atoms with E-state index >= 15 is 0 Å². The summed E-state index contributed by atoms with van der Waals surface area (Å²) in [5.41, 5.74) is 1.16. The van der Waals surface area contributed by atoms with Crippen LogP contribution in [0.25, 0.3) is 0 Å². The number of aromatic nitrogens is 1. The number of rotatable bonds is 6. The van der Waals surface area contributed by atoms with Crippen molar-refractivity contribution in [2.45, 2.75) is 38.3 Å². The molecule has 1 saturated heterocycles. The molecule has 1 atom stereocenters. The van der Waals surface area contributed by atoms with E-state index in [-0.39, 0.29) is 0 Å². The summed E-state index contributed by atoms with van der Waals surface area (Å²) in [7, 11) is 1.82. The number of nitrogens with one attached hydrogen (secondary N) is 2. The summed E-state index contributed by atoms with van der Waals surface area (Å²) in [5, 5.41) is 6.89. The Morgan fingerprint density at radius 1 is 1.43 bits per heavy atom. The van der Waals surface area contributed by atoms with Crippen LogP contribution >= 0.6 is 11.8 Å². The molecule has 1 aliphatic heterocycles. The van der Waals surface area contributed by atoms with E-state index in [0.29, 0.717) is 6.04 Å². The lowest BCUT2D eigenvalue weighted by Crippen LogP contribution is -2.45. The van der Waals surface area contributed by atoms with Gasteiger partial charge in [0, 0.05) is 37.7 Å². The fourth-order valence-electron chi connectivity index (χ4n) is 2.56. The Kier molecular flexibility index (Phi) is 6.02. The average Bonchev–Trinajstić information content (AvgIpc) is 3.42. The highest BCUT2D eigenvalue weighted by molar-refractivity contribution is 7.99. The predicted molar refractivity (Wildman–Crippen MR) is 96.1 cm³/mol. The molecule has 2 fully saturated rings. The third-order valence-electron chi connectivity index (χ3n) is 4.15. The summed E-state index contributed by atoms with van der Waals surface area (Å²) >= 11 is 2.01. The van der Waals surface area contributed by atoms with Gasteiger partial charge in [0.15, 0.2) is 5.96 Å². The lowest BCUT2D eigenvalue weighted by atomic mass is 10.2. The van der Waals surface area contributed by atoms with Crippen LogP contribution < -0.4 is 15.4 Å². The number of pyridine rings is 1. The maximum Gasteiger partial charge on any atom is 0.213 e. The van der Waals surface area contributed by atoms with E-state index in [2.05, 4.69) is 20.6 Å². The second-order valence-electron chi connectivity index (χ2n) is 6.24. The SMILES string of the molecule is CN=C(NCc1ccnc(OCC2CC2)c1)NC1CCCSC1. The molecule has 1 aromatic rings. The molecule has 3 rings (SSSR count). The van der Waals surface area contributed by atoms with Gasteiger partial charge in [0.2, 0.25) is 5.88 Å². The molecule has 5 nitrogen and oxygen atoms in total. The molecule has 0 bridgehead atoms. The summed E-state index contributed by atoms with van der Waals surface area (Å²) in [6, 6.07) is 4.55. The second-order valence-corrected chi connectivity index (χ2v) is 7.39. The van der Waals surface area contributed by atoms with E-state index in [1.807, 2.05) is 37.1 Å².